The van der Waals surface area contributed by atoms with Crippen LogP contribution in [-0.2, 0) is 23.9 Å². The topological polar surface area (TPSA) is 154 Å². The summed E-state index contributed by atoms with van der Waals surface area (Å²) in [7, 11) is 1.16. The second-order valence-corrected chi connectivity index (χ2v) is 8.21. The summed E-state index contributed by atoms with van der Waals surface area (Å²) in [6, 6.07) is 1.92. The fourth-order valence-corrected chi connectivity index (χ4v) is 2.98. The van der Waals surface area contributed by atoms with Crippen molar-refractivity contribution in [3.63, 3.8) is 0 Å². The van der Waals surface area contributed by atoms with Crippen molar-refractivity contribution < 1.29 is 38.9 Å². The molecule has 4 N–H and O–H groups in total. The van der Waals surface area contributed by atoms with E-state index in [1.54, 1.807) is 46.8 Å². The number of methoxy groups -OCH3 is 1. The predicted molar refractivity (Wildman–Crippen MR) is 118 cm³/mol. The summed E-state index contributed by atoms with van der Waals surface area (Å²) in [5.74, 6) is -2.46. The third-order valence-corrected chi connectivity index (χ3v) is 4.55. The Morgan fingerprint density at radius 2 is 1.82 bits per heavy atom. The van der Waals surface area contributed by atoms with Crippen LogP contribution in [0.15, 0.2) is 18.2 Å². The minimum Gasteiger partial charge on any atom is -0.507 e. The molecule has 2 atom stereocenters. The number of aromatic hydroxyl groups is 1. The molecule has 0 saturated carbocycles. The number of aryl methyl sites for hydroxylation is 1. The van der Waals surface area contributed by atoms with Crippen molar-refractivity contribution in [2.45, 2.75) is 52.3 Å². The Kier molecular flexibility index (Phi) is 10.1. The van der Waals surface area contributed by atoms with Crippen LogP contribution in [0.3, 0.4) is 0 Å². The molecule has 0 aliphatic carbocycles. The number of benzene rings is 1. The van der Waals surface area contributed by atoms with E-state index in [0.29, 0.717) is 5.56 Å². The molecule has 2 unspecified atom stereocenters. The molecular weight excluding hydrogens is 434 g/mol. The van der Waals surface area contributed by atoms with E-state index in [1.807, 2.05) is 0 Å². The minimum atomic E-state index is -1.41. The molecule has 1 rings (SSSR count). The molecule has 1 aromatic carbocycles. The van der Waals surface area contributed by atoms with E-state index in [0.717, 1.165) is 12.0 Å². The summed E-state index contributed by atoms with van der Waals surface area (Å²) in [6.45, 7) is 6.91. The van der Waals surface area contributed by atoms with Crippen LogP contribution in [0.4, 0.5) is 4.79 Å². The number of rotatable bonds is 9. The van der Waals surface area contributed by atoms with Crippen LogP contribution in [0.25, 0.3) is 0 Å². The summed E-state index contributed by atoms with van der Waals surface area (Å²) in [5, 5.41) is 25.0. The molecule has 0 aromatic heterocycles. The van der Waals surface area contributed by atoms with Crippen molar-refractivity contribution in [1.29, 1.82) is 0 Å². The molecule has 0 spiro atoms. The van der Waals surface area contributed by atoms with Crippen LogP contribution < -0.4 is 10.6 Å². The van der Waals surface area contributed by atoms with E-state index in [1.165, 1.54) is 6.07 Å². The maximum Gasteiger partial charge on any atom is 0.408 e. The summed E-state index contributed by atoms with van der Waals surface area (Å²) < 4.78 is 9.66. The molecule has 184 valence electrons. The highest BCUT2D eigenvalue weighted by Crippen LogP contribution is 2.32. The van der Waals surface area contributed by atoms with Gasteiger partial charge in [0.05, 0.1) is 13.7 Å². The van der Waals surface area contributed by atoms with Crippen molar-refractivity contribution >= 4 is 23.9 Å². The fourth-order valence-electron chi connectivity index (χ4n) is 2.98. The minimum absolute atomic E-state index is 0.0188. The van der Waals surface area contributed by atoms with Crippen molar-refractivity contribution in [1.82, 2.24) is 15.5 Å². The van der Waals surface area contributed by atoms with E-state index < -0.39 is 54.7 Å². The third kappa shape index (κ3) is 7.94. The number of para-hydroxylation sites is 1. The average molecular weight is 468 g/mol. The molecule has 3 amide bonds. The van der Waals surface area contributed by atoms with Crippen molar-refractivity contribution in [3.05, 3.63) is 29.3 Å². The monoisotopic (exact) mass is 467 g/mol. The van der Waals surface area contributed by atoms with Gasteiger partial charge in [0, 0.05) is 12.1 Å². The van der Waals surface area contributed by atoms with Gasteiger partial charge in [0.25, 0.3) is 0 Å². The van der Waals surface area contributed by atoms with Crippen molar-refractivity contribution in [2.24, 2.45) is 0 Å². The first-order chi connectivity index (χ1) is 15.4. The zero-order valence-corrected chi connectivity index (χ0v) is 19.8. The van der Waals surface area contributed by atoms with Crippen LogP contribution in [0, 0.1) is 6.92 Å². The number of nitrogens with one attached hydrogen (secondary N) is 2. The maximum atomic E-state index is 13.3. The first-order valence-corrected chi connectivity index (χ1v) is 10.4. The van der Waals surface area contributed by atoms with Crippen LogP contribution in [0.1, 0.15) is 44.9 Å². The van der Waals surface area contributed by atoms with Gasteiger partial charge in [-0.25, -0.2) is 4.79 Å². The van der Waals surface area contributed by atoms with Gasteiger partial charge in [-0.1, -0.05) is 18.2 Å². The second-order valence-electron chi connectivity index (χ2n) is 8.21. The number of carbonyl (C=O) groups excluding carboxylic acids is 4. The lowest BCUT2D eigenvalue weighted by Crippen LogP contribution is -2.54. The van der Waals surface area contributed by atoms with Crippen LogP contribution in [0.2, 0.25) is 0 Å². The summed E-state index contributed by atoms with van der Waals surface area (Å²) in [4.78, 5) is 51.0. The number of nitrogens with zero attached hydrogens (tertiary/aromatic N) is 1. The fraction of sp³-hybridized carbons (Fsp3) is 0.545. The Balaban J connectivity index is 3.32. The van der Waals surface area contributed by atoms with Gasteiger partial charge in [0.1, 0.15) is 30.0 Å². The van der Waals surface area contributed by atoms with Crippen molar-refractivity contribution in [2.75, 3.05) is 26.8 Å². The molecule has 0 bridgehead atoms. The van der Waals surface area contributed by atoms with Gasteiger partial charge in [-0.05, 0) is 40.2 Å². The number of phenols is 1. The normalized spacial score (nSPS) is 12.8. The number of likely N-dealkylation sites (N-methyl/N-ethyl adjacent to an activating group) is 1. The second kappa shape index (κ2) is 12.0. The lowest BCUT2D eigenvalue weighted by molar-refractivity contribution is -0.145. The highest BCUT2D eigenvalue weighted by atomic mass is 16.6. The number of esters is 1. The molecule has 0 radical (unpaired) electrons. The summed E-state index contributed by atoms with van der Waals surface area (Å²) in [5.41, 5.74) is -0.254. The summed E-state index contributed by atoms with van der Waals surface area (Å²) >= 11 is 0. The molecule has 1 aromatic rings. The Morgan fingerprint density at radius 3 is 2.33 bits per heavy atom. The van der Waals surface area contributed by atoms with Crippen LogP contribution >= 0.6 is 0 Å². The summed E-state index contributed by atoms with van der Waals surface area (Å²) in [6.07, 6.45) is -0.920. The first kappa shape index (κ1) is 27.7. The van der Waals surface area contributed by atoms with E-state index in [-0.39, 0.29) is 17.9 Å². The molecule has 0 saturated heterocycles. The molecule has 0 aliphatic rings. The standard InChI is InChI=1S/C22H33N3O8/c1-7-25(20(30)15(12-26)24-21(31)33-22(3,4)5)17(19(29)23-11-16(27)32-6)14-10-8-9-13(2)18(14)28/h8-10,15,17,26,28H,7,11-12H2,1-6H3,(H,23,29)(H,24,31). The molecule has 0 heterocycles. The van der Waals surface area contributed by atoms with Gasteiger partial charge in [0.2, 0.25) is 11.8 Å². The SMILES string of the molecule is CCN(C(=O)C(CO)NC(=O)OC(C)(C)C)C(C(=O)NCC(=O)OC)c1cccc(C)c1O. The van der Waals surface area contributed by atoms with E-state index >= 15 is 0 Å². The Morgan fingerprint density at radius 1 is 1.18 bits per heavy atom. The van der Waals surface area contributed by atoms with Gasteiger partial charge in [-0.3, -0.25) is 14.4 Å². The molecule has 0 aliphatic heterocycles. The lowest BCUT2D eigenvalue weighted by atomic mass is 9.99. The number of hydrogen-bond acceptors (Lipinski definition) is 8. The number of ether oxygens (including phenoxy) is 2. The Hall–Kier alpha value is -3.34. The van der Waals surface area contributed by atoms with Crippen LogP contribution in [0.5, 0.6) is 5.75 Å². The Bertz CT molecular complexity index is 866. The third-order valence-electron chi connectivity index (χ3n) is 4.55. The van der Waals surface area contributed by atoms with Gasteiger partial charge in [0.15, 0.2) is 0 Å². The van der Waals surface area contributed by atoms with Gasteiger partial charge < -0.3 is 35.2 Å². The van der Waals surface area contributed by atoms with Crippen LogP contribution in [-0.4, -0.2) is 77.4 Å². The number of aliphatic hydroxyl groups is 1. The van der Waals surface area contributed by atoms with E-state index in [9.17, 15) is 29.4 Å². The predicted octanol–water partition coefficient (Wildman–Crippen LogP) is 0.765. The molecule has 11 heteroatoms. The molecule has 11 nitrogen and oxygen atoms in total. The lowest BCUT2D eigenvalue weighted by Gasteiger charge is -2.33. The number of aliphatic hydroxyl groups excluding tert-OH is 1. The zero-order valence-electron chi connectivity index (χ0n) is 19.8. The van der Waals surface area contributed by atoms with E-state index in [4.69, 9.17) is 4.74 Å². The van der Waals surface area contributed by atoms with E-state index in [2.05, 4.69) is 15.4 Å². The molecular formula is C22H33N3O8. The zero-order chi connectivity index (χ0) is 25.3. The highest BCUT2D eigenvalue weighted by Gasteiger charge is 2.36. The number of amides is 3. The first-order valence-electron chi connectivity index (χ1n) is 10.4. The highest BCUT2D eigenvalue weighted by molar-refractivity contribution is 5.93. The Labute approximate surface area is 193 Å². The average Bonchev–Trinajstić information content (AvgIpc) is 2.74. The maximum absolute atomic E-state index is 13.3. The number of phenolic OH excluding ortho intramolecular Hbond substituents is 1. The van der Waals surface area contributed by atoms with Crippen molar-refractivity contribution in [3.8, 4) is 5.75 Å². The van der Waals surface area contributed by atoms with Gasteiger partial charge in [-0.15, -0.1) is 0 Å². The number of carbonyl (C=O) groups is 4. The largest absolute Gasteiger partial charge is 0.507 e. The smallest absolute Gasteiger partial charge is 0.408 e. The molecule has 33 heavy (non-hydrogen) atoms. The molecule has 0 fully saturated rings. The number of hydrogen-bond donors (Lipinski definition) is 4. The van der Waals surface area contributed by atoms with Gasteiger partial charge >= 0.3 is 12.1 Å². The quantitative estimate of drug-likeness (QED) is 0.388. The van der Waals surface area contributed by atoms with Gasteiger partial charge in [-0.2, -0.15) is 0 Å². The number of alkyl carbamates (subject to hydrolysis) is 1.